The van der Waals surface area contributed by atoms with Crippen molar-refractivity contribution in [2.24, 2.45) is 0 Å². The lowest BCUT2D eigenvalue weighted by atomic mass is 9.88. The van der Waals surface area contributed by atoms with Crippen LogP contribution in [0.3, 0.4) is 0 Å². The normalized spacial score (nSPS) is 13.0. The van der Waals surface area contributed by atoms with Crippen molar-refractivity contribution in [3.63, 3.8) is 0 Å². The van der Waals surface area contributed by atoms with Crippen LogP contribution in [0.4, 0.5) is 0 Å². The van der Waals surface area contributed by atoms with Crippen molar-refractivity contribution < 1.29 is 4.43 Å². The van der Waals surface area contributed by atoms with Crippen molar-refractivity contribution in [3.8, 4) is 5.75 Å². The summed E-state index contributed by atoms with van der Waals surface area (Å²) in [4.78, 5) is 0. The number of hydrogen-bond acceptors (Lipinski definition) is 1. The van der Waals surface area contributed by atoms with Gasteiger partial charge in [0.05, 0.1) is 0 Å². The van der Waals surface area contributed by atoms with Crippen molar-refractivity contribution in [1.82, 2.24) is 0 Å². The van der Waals surface area contributed by atoms with E-state index in [4.69, 9.17) is 16.0 Å². The molecule has 0 saturated carbocycles. The van der Waals surface area contributed by atoms with Crippen LogP contribution in [-0.4, -0.2) is 14.2 Å². The van der Waals surface area contributed by atoms with Crippen LogP contribution >= 0.6 is 11.6 Å². The average Bonchev–Trinajstić information content (AvgIpc) is 2.46. The zero-order chi connectivity index (χ0) is 16.2. The maximum absolute atomic E-state index is 6.33. The molecule has 0 spiro atoms. The van der Waals surface area contributed by atoms with Crippen LogP contribution in [0.15, 0.2) is 48.5 Å². The molecule has 0 radical (unpaired) electrons. The lowest BCUT2D eigenvalue weighted by molar-refractivity contribution is 0.542. The molecule has 1 unspecified atom stereocenters. The zero-order valence-electron chi connectivity index (χ0n) is 13.9. The Hall–Kier alpha value is -1.25. The van der Waals surface area contributed by atoms with E-state index in [1.165, 1.54) is 16.7 Å². The van der Waals surface area contributed by atoms with E-state index in [0.717, 1.165) is 12.2 Å². The summed E-state index contributed by atoms with van der Waals surface area (Å²) in [5.41, 5.74) is 3.82. The zero-order valence-corrected chi connectivity index (χ0v) is 15.7. The first-order chi connectivity index (χ1) is 10.4. The van der Waals surface area contributed by atoms with Gasteiger partial charge in [-0.3, -0.25) is 0 Å². The largest absolute Gasteiger partial charge is 0.544 e. The van der Waals surface area contributed by atoms with Gasteiger partial charge in [-0.05, 0) is 44.6 Å². The second-order valence-electron chi connectivity index (χ2n) is 6.70. The molecule has 1 nitrogen and oxygen atoms in total. The minimum Gasteiger partial charge on any atom is -0.544 e. The number of benzene rings is 2. The molecule has 0 saturated heterocycles. The molecule has 0 heterocycles. The molecule has 3 heteroatoms. The van der Waals surface area contributed by atoms with Gasteiger partial charge in [0.25, 0.3) is 0 Å². The Morgan fingerprint density at radius 2 is 1.73 bits per heavy atom. The highest BCUT2D eigenvalue weighted by molar-refractivity contribution is 6.70. The van der Waals surface area contributed by atoms with Gasteiger partial charge < -0.3 is 4.43 Å². The van der Waals surface area contributed by atoms with E-state index in [2.05, 4.69) is 75.1 Å². The fourth-order valence-electron chi connectivity index (χ4n) is 2.66. The van der Waals surface area contributed by atoms with Gasteiger partial charge in [0.2, 0.25) is 8.32 Å². The highest BCUT2D eigenvalue weighted by Gasteiger charge is 2.22. The van der Waals surface area contributed by atoms with Gasteiger partial charge in [-0.2, -0.15) is 0 Å². The molecule has 0 fully saturated rings. The number of hydrogen-bond donors (Lipinski definition) is 0. The van der Waals surface area contributed by atoms with Crippen LogP contribution in [0.25, 0.3) is 0 Å². The van der Waals surface area contributed by atoms with E-state index in [0.29, 0.717) is 5.88 Å². The van der Waals surface area contributed by atoms with E-state index in [9.17, 15) is 0 Å². The average molecular weight is 333 g/mol. The predicted molar refractivity (Wildman–Crippen MR) is 98.8 cm³/mol. The molecule has 0 N–H and O–H groups in total. The molecule has 22 heavy (non-hydrogen) atoms. The third-order valence-electron chi connectivity index (χ3n) is 3.56. The molecule has 0 aliphatic heterocycles. The van der Waals surface area contributed by atoms with E-state index >= 15 is 0 Å². The standard InChI is InChI=1S/C19H25ClOSi/c1-15-10-11-19(21-22(2,3)4)18(14-15)17(12-13-20)16-8-6-5-7-9-16/h5-11,14,17H,12-13H2,1-4H3. The highest BCUT2D eigenvalue weighted by Crippen LogP contribution is 2.36. The minimum absolute atomic E-state index is 0.282. The van der Waals surface area contributed by atoms with E-state index < -0.39 is 8.32 Å². The SMILES string of the molecule is Cc1ccc(O[Si](C)(C)C)c(C(CCCl)c2ccccc2)c1. The molecule has 0 bridgehead atoms. The summed E-state index contributed by atoms with van der Waals surface area (Å²) in [5, 5.41) is 0. The number of alkyl halides is 1. The van der Waals surface area contributed by atoms with Crippen LogP contribution in [0.1, 0.15) is 29.0 Å². The summed E-state index contributed by atoms with van der Waals surface area (Å²) in [7, 11) is -1.65. The smallest absolute Gasteiger partial charge is 0.242 e. The van der Waals surface area contributed by atoms with Crippen molar-refractivity contribution in [2.75, 3.05) is 5.88 Å². The van der Waals surface area contributed by atoms with Crippen molar-refractivity contribution in [2.45, 2.75) is 38.9 Å². The van der Waals surface area contributed by atoms with Crippen LogP contribution < -0.4 is 4.43 Å². The minimum atomic E-state index is -1.65. The van der Waals surface area contributed by atoms with Crippen molar-refractivity contribution in [3.05, 3.63) is 65.2 Å². The first-order valence-corrected chi connectivity index (χ1v) is 11.8. The van der Waals surface area contributed by atoms with Gasteiger partial charge in [-0.15, -0.1) is 11.6 Å². The van der Waals surface area contributed by atoms with Gasteiger partial charge in [0.1, 0.15) is 5.75 Å². The van der Waals surface area contributed by atoms with Gasteiger partial charge in [-0.1, -0.05) is 48.0 Å². The maximum Gasteiger partial charge on any atom is 0.242 e. The van der Waals surface area contributed by atoms with E-state index in [1.54, 1.807) is 0 Å². The molecule has 0 aliphatic carbocycles. The van der Waals surface area contributed by atoms with Gasteiger partial charge in [-0.25, -0.2) is 0 Å². The van der Waals surface area contributed by atoms with Gasteiger partial charge in [0.15, 0.2) is 0 Å². The third-order valence-corrected chi connectivity index (χ3v) is 4.61. The summed E-state index contributed by atoms with van der Waals surface area (Å²) in [5.74, 6) is 1.94. The fourth-order valence-corrected chi connectivity index (χ4v) is 3.72. The Kier molecular flexibility index (Phi) is 5.71. The monoisotopic (exact) mass is 332 g/mol. The van der Waals surface area contributed by atoms with Crippen molar-refractivity contribution >= 4 is 19.9 Å². The third kappa shape index (κ3) is 4.62. The summed E-state index contributed by atoms with van der Waals surface area (Å²) < 4.78 is 6.33. The molecular formula is C19H25ClOSi. The van der Waals surface area contributed by atoms with Crippen LogP contribution in [0.2, 0.25) is 19.6 Å². The predicted octanol–water partition coefficient (Wildman–Crippen LogP) is 5.97. The Morgan fingerprint density at radius 3 is 2.32 bits per heavy atom. The quantitative estimate of drug-likeness (QED) is 0.467. The van der Waals surface area contributed by atoms with Crippen molar-refractivity contribution in [1.29, 1.82) is 0 Å². The summed E-state index contributed by atoms with van der Waals surface area (Å²) in [6, 6.07) is 17.1. The lowest BCUT2D eigenvalue weighted by Gasteiger charge is -2.26. The highest BCUT2D eigenvalue weighted by atomic mass is 35.5. The molecule has 2 aromatic carbocycles. The topological polar surface area (TPSA) is 9.23 Å². The molecule has 2 aromatic rings. The van der Waals surface area contributed by atoms with Crippen LogP contribution in [0.5, 0.6) is 5.75 Å². The van der Waals surface area contributed by atoms with Crippen LogP contribution in [-0.2, 0) is 0 Å². The molecule has 0 aromatic heterocycles. The lowest BCUT2D eigenvalue weighted by Crippen LogP contribution is -2.30. The summed E-state index contributed by atoms with van der Waals surface area (Å²) in [6.45, 7) is 8.78. The number of aryl methyl sites for hydroxylation is 1. The maximum atomic E-state index is 6.33. The van der Waals surface area contributed by atoms with E-state index in [1.807, 2.05) is 0 Å². The van der Waals surface area contributed by atoms with Crippen LogP contribution in [0, 0.1) is 6.92 Å². The Bertz CT molecular complexity index is 605. The first-order valence-electron chi connectivity index (χ1n) is 7.81. The first kappa shape index (κ1) is 17.1. The van der Waals surface area contributed by atoms with E-state index in [-0.39, 0.29) is 5.92 Å². The second-order valence-corrected chi connectivity index (χ2v) is 11.5. The Morgan fingerprint density at radius 1 is 1.05 bits per heavy atom. The fraction of sp³-hybridized carbons (Fsp3) is 0.368. The Labute approximate surface area is 140 Å². The van der Waals surface area contributed by atoms with Gasteiger partial charge in [0, 0.05) is 17.4 Å². The molecule has 0 amide bonds. The molecule has 2 rings (SSSR count). The number of halogens is 1. The molecule has 1 atom stereocenters. The molecular weight excluding hydrogens is 308 g/mol. The summed E-state index contributed by atoms with van der Waals surface area (Å²) in [6.07, 6.45) is 0.914. The van der Waals surface area contributed by atoms with Gasteiger partial charge >= 0.3 is 0 Å². The molecule has 0 aliphatic rings. The second kappa shape index (κ2) is 7.34. The number of rotatable bonds is 6. The summed E-state index contributed by atoms with van der Waals surface area (Å²) >= 11 is 6.09. The Balaban J connectivity index is 2.48. The molecule has 118 valence electrons.